The van der Waals surface area contributed by atoms with Crippen molar-refractivity contribution in [3.8, 4) is 5.75 Å². The molecule has 1 aromatic rings. The third-order valence-electron chi connectivity index (χ3n) is 2.02. The molecular formula is C10H15NO2. The number of ether oxygens (including phenoxy) is 1. The quantitative estimate of drug-likeness (QED) is 0.740. The number of aromatic hydroxyl groups is 1. The molecular weight excluding hydrogens is 166 g/mol. The van der Waals surface area contributed by atoms with E-state index in [1.807, 2.05) is 13.0 Å². The first-order valence-corrected chi connectivity index (χ1v) is 4.19. The van der Waals surface area contributed by atoms with Gasteiger partial charge >= 0.3 is 0 Å². The van der Waals surface area contributed by atoms with Gasteiger partial charge in [0.25, 0.3) is 0 Å². The Bertz CT molecular complexity index is 266. The van der Waals surface area contributed by atoms with Gasteiger partial charge in [-0.1, -0.05) is 12.1 Å². The summed E-state index contributed by atoms with van der Waals surface area (Å²) in [5, 5.41) is 9.55. The zero-order chi connectivity index (χ0) is 9.84. The van der Waals surface area contributed by atoms with E-state index in [0.717, 1.165) is 11.1 Å². The predicted molar refractivity (Wildman–Crippen MR) is 51.6 cm³/mol. The summed E-state index contributed by atoms with van der Waals surface area (Å²) in [6.07, 6.45) is 0. The summed E-state index contributed by atoms with van der Waals surface area (Å²) in [6.45, 7) is 2.34. The molecule has 0 aliphatic carbocycles. The maximum atomic E-state index is 9.55. The van der Waals surface area contributed by atoms with E-state index in [0.29, 0.717) is 6.61 Å². The lowest BCUT2D eigenvalue weighted by molar-refractivity contribution is 0.179. The van der Waals surface area contributed by atoms with Gasteiger partial charge in [0.1, 0.15) is 5.75 Å². The van der Waals surface area contributed by atoms with Gasteiger partial charge in [-0.3, -0.25) is 0 Å². The second-order valence-electron chi connectivity index (χ2n) is 3.07. The first kappa shape index (κ1) is 10.0. The topological polar surface area (TPSA) is 55.5 Å². The minimum atomic E-state index is -0.258. The van der Waals surface area contributed by atoms with Crippen LogP contribution in [0.2, 0.25) is 0 Å². The zero-order valence-electron chi connectivity index (χ0n) is 7.95. The monoisotopic (exact) mass is 181 g/mol. The van der Waals surface area contributed by atoms with Crippen LogP contribution in [0.5, 0.6) is 5.75 Å². The molecule has 1 rings (SSSR count). The van der Waals surface area contributed by atoms with E-state index in [2.05, 4.69) is 0 Å². The molecule has 72 valence electrons. The summed E-state index contributed by atoms with van der Waals surface area (Å²) < 4.78 is 4.93. The van der Waals surface area contributed by atoms with Gasteiger partial charge in [0.2, 0.25) is 0 Å². The molecule has 3 heteroatoms. The number of phenols is 1. The number of nitrogens with two attached hydrogens (primary N) is 1. The van der Waals surface area contributed by atoms with Crippen molar-refractivity contribution in [3.63, 3.8) is 0 Å². The second-order valence-corrected chi connectivity index (χ2v) is 3.07. The Morgan fingerprint density at radius 2 is 2.23 bits per heavy atom. The van der Waals surface area contributed by atoms with Crippen LogP contribution in [0.15, 0.2) is 18.2 Å². The van der Waals surface area contributed by atoms with Gasteiger partial charge in [-0.05, 0) is 18.6 Å². The molecule has 0 saturated heterocycles. The predicted octanol–water partition coefficient (Wildman–Crippen LogP) is 1.35. The maximum Gasteiger partial charge on any atom is 0.120 e. The largest absolute Gasteiger partial charge is 0.508 e. The second kappa shape index (κ2) is 4.25. The Balaban J connectivity index is 2.98. The lowest BCUT2D eigenvalue weighted by atomic mass is 10.0. The van der Waals surface area contributed by atoms with Crippen LogP contribution in [0.3, 0.4) is 0 Å². The van der Waals surface area contributed by atoms with Gasteiger partial charge in [-0.25, -0.2) is 0 Å². The fourth-order valence-corrected chi connectivity index (χ4v) is 1.41. The highest BCUT2D eigenvalue weighted by molar-refractivity contribution is 5.40. The summed E-state index contributed by atoms with van der Waals surface area (Å²) in [5.74, 6) is 0.240. The molecule has 0 radical (unpaired) electrons. The van der Waals surface area contributed by atoms with E-state index in [1.54, 1.807) is 19.2 Å². The molecule has 0 fully saturated rings. The lowest BCUT2D eigenvalue weighted by Gasteiger charge is -2.14. The van der Waals surface area contributed by atoms with Crippen LogP contribution in [0.1, 0.15) is 17.2 Å². The number of benzene rings is 1. The van der Waals surface area contributed by atoms with Crippen LogP contribution in [0, 0.1) is 6.92 Å². The maximum absolute atomic E-state index is 9.55. The molecule has 0 aromatic heterocycles. The third kappa shape index (κ3) is 2.20. The van der Waals surface area contributed by atoms with Gasteiger partial charge in [0.15, 0.2) is 0 Å². The molecule has 13 heavy (non-hydrogen) atoms. The van der Waals surface area contributed by atoms with Crippen LogP contribution in [0.25, 0.3) is 0 Å². The summed E-state index contributed by atoms with van der Waals surface area (Å²) in [7, 11) is 1.59. The first-order valence-electron chi connectivity index (χ1n) is 4.19. The van der Waals surface area contributed by atoms with E-state index < -0.39 is 0 Å². The molecule has 0 aliphatic heterocycles. The Morgan fingerprint density at radius 1 is 1.54 bits per heavy atom. The fourth-order valence-electron chi connectivity index (χ4n) is 1.41. The smallest absolute Gasteiger partial charge is 0.120 e. The molecule has 0 heterocycles. The fraction of sp³-hybridized carbons (Fsp3) is 0.400. The number of phenolic OH excluding ortho intramolecular Hbond substituents is 1. The van der Waals surface area contributed by atoms with E-state index in [4.69, 9.17) is 10.5 Å². The Kier molecular flexibility index (Phi) is 3.28. The lowest BCUT2D eigenvalue weighted by Crippen LogP contribution is -2.17. The minimum absolute atomic E-state index is 0.240. The van der Waals surface area contributed by atoms with Crippen molar-refractivity contribution in [1.29, 1.82) is 0 Å². The normalized spacial score (nSPS) is 12.8. The summed E-state index contributed by atoms with van der Waals surface area (Å²) in [5.41, 5.74) is 7.58. The molecule has 0 amide bonds. The van der Waals surface area contributed by atoms with Crippen molar-refractivity contribution in [2.24, 2.45) is 5.73 Å². The Hall–Kier alpha value is -1.06. The summed E-state index contributed by atoms with van der Waals surface area (Å²) >= 11 is 0. The number of methoxy groups -OCH3 is 1. The number of hydrogen-bond donors (Lipinski definition) is 2. The van der Waals surface area contributed by atoms with E-state index in [-0.39, 0.29) is 11.8 Å². The number of hydrogen-bond acceptors (Lipinski definition) is 3. The van der Waals surface area contributed by atoms with Gasteiger partial charge in [0.05, 0.1) is 12.6 Å². The highest BCUT2D eigenvalue weighted by Gasteiger charge is 2.12. The highest BCUT2D eigenvalue weighted by Crippen LogP contribution is 2.25. The molecule has 3 nitrogen and oxygen atoms in total. The molecule has 0 bridgehead atoms. The minimum Gasteiger partial charge on any atom is -0.508 e. The third-order valence-corrected chi connectivity index (χ3v) is 2.02. The molecule has 1 unspecified atom stereocenters. The van der Waals surface area contributed by atoms with Crippen molar-refractivity contribution < 1.29 is 9.84 Å². The van der Waals surface area contributed by atoms with E-state index in [9.17, 15) is 5.11 Å². The van der Waals surface area contributed by atoms with Crippen molar-refractivity contribution in [1.82, 2.24) is 0 Å². The molecule has 1 atom stereocenters. The molecule has 1 aromatic carbocycles. The molecule has 0 spiro atoms. The van der Waals surface area contributed by atoms with Crippen LogP contribution in [-0.2, 0) is 4.74 Å². The standard InChI is InChI=1S/C10H15NO2/c1-7-4-3-5-9(12)10(7)8(11)6-13-2/h3-5,8,12H,6,11H2,1-2H3. The van der Waals surface area contributed by atoms with Crippen LogP contribution in [-0.4, -0.2) is 18.8 Å². The van der Waals surface area contributed by atoms with Crippen LogP contribution in [0.4, 0.5) is 0 Å². The van der Waals surface area contributed by atoms with Crippen molar-refractivity contribution in [3.05, 3.63) is 29.3 Å². The first-order chi connectivity index (χ1) is 6.16. The average Bonchev–Trinajstić information content (AvgIpc) is 2.04. The Labute approximate surface area is 78.1 Å². The van der Waals surface area contributed by atoms with Crippen LogP contribution >= 0.6 is 0 Å². The highest BCUT2D eigenvalue weighted by atomic mass is 16.5. The van der Waals surface area contributed by atoms with Crippen molar-refractivity contribution in [2.75, 3.05) is 13.7 Å². The zero-order valence-corrected chi connectivity index (χ0v) is 7.95. The summed E-state index contributed by atoms with van der Waals surface area (Å²) in [6, 6.07) is 5.10. The van der Waals surface area contributed by atoms with Gasteiger partial charge in [-0.2, -0.15) is 0 Å². The Morgan fingerprint density at radius 3 is 2.77 bits per heavy atom. The number of rotatable bonds is 3. The summed E-state index contributed by atoms with van der Waals surface area (Å²) in [4.78, 5) is 0. The molecule has 0 saturated carbocycles. The van der Waals surface area contributed by atoms with Gasteiger partial charge in [0, 0.05) is 12.7 Å². The number of aryl methyl sites for hydroxylation is 1. The van der Waals surface area contributed by atoms with Crippen molar-refractivity contribution >= 4 is 0 Å². The molecule has 0 aliphatic rings. The van der Waals surface area contributed by atoms with Gasteiger partial charge < -0.3 is 15.6 Å². The average molecular weight is 181 g/mol. The van der Waals surface area contributed by atoms with E-state index in [1.165, 1.54) is 0 Å². The molecule has 3 N–H and O–H groups in total. The van der Waals surface area contributed by atoms with Crippen LogP contribution < -0.4 is 5.73 Å². The van der Waals surface area contributed by atoms with Gasteiger partial charge in [-0.15, -0.1) is 0 Å². The van der Waals surface area contributed by atoms with Crippen molar-refractivity contribution in [2.45, 2.75) is 13.0 Å². The van der Waals surface area contributed by atoms with E-state index >= 15 is 0 Å². The SMILES string of the molecule is COCC(N)c1c(C)cccc1O.